The van der Waals surface area contributed by atoms with Gasteiger partial charge >= 0.3 is 5.97 Å². The van der Waals surface area contributed by atoms with Crippen LogP contribution in [0.15, 0.2) is 12.7 Å². The largest absolute Gasteiger partial charge is 0.477 e. The van der Waals surface area contributed by atoms with Crippen LogP contribution in [-0.4, -0.2) is 83.4 Å². The third-order valence-corrected chi connectivity index (χ3v) is 5.64. The Hall–Kier alpha value is -1.00. The highest BCUT2D eigenvalue weighted by molar-refractivity contribution is 7.85. The van der Waals surface area contributed by atoms with Gasteiger partial charge in [-0.1, -0.05) is 6.08 Å². The first-order valence-electron chi connectivity index (χ1n) is 7.83. The number of nitrogens with zero attached hydrogens (tertiary/aromatic N) is 1. The highest BCUT2D eigenvalue weighted by Crippen LogP contribution is 2.35. The Morgan fingerprint density at radius 2 is 1.83 bits per heavy atom. The number of hydrogen-bond donors (Lipinski definition) is 4. The smallest absolute Gasteiger partial charge is 0.365 e. The molecule has 0 saturated carbocycles. The van der Waals surface area contributed by atoms with Gasteiger partial charge in [-0.3, -0.25) is 4.55 Å². The molecule has 24 heavy (non-hydrogen) atoms. The van der Waals surface area contributed by atoms with Crippen molar-refractivity contribution in [2.24, 2.45) is 0 Å². The molecular formula is C15H30NO7S+. The van der Waals surface area contributed by atoms with Crippen LogP contribution in [0, 0.1) is 0 Å². The zero-order valence-corrected chi connectivity index (χ0v) is 15.2. The Labute approximate surface area is 143 Å². The number of quaternary nitrogens is 1. The Kier molecular flexibility index (Phi) is 9.08. The van der Waals surface area contributed by atoms with Crippen molar-refractivity contribution in [3.63, 3.8) is 0 Å². The first-order valence-corrected chi connectivity index (χ1v) is 9.44. The average molecular weight is 368 g/mol. The van der Waals surface area contributed by atoms with Crippen molar-refractivity contribution in [2.45, 2.75) is 43.7 Å². The highest BCUT2D eigenvalue weighted by atomic mass is 32.2. The monoisotopic (exact) mass is 368 g/mol. The van der Waals surface area contributed by atoms with Crippen LogP contribution in [0.3, 0.4) is 0 Å². The number of aliphatic hydroxyl groups is 2. The third-order valence-electron chi connectivity index (χ3n) is 4.83. The molecule has 0 radical (unpaired) electrons. The maximum Gasteiger partial charge on any atom is 0.365 e. The van der Waals surface area contributed by atoms with Crippen LogP contribution < -0.4 is 0 Å². The van der Waals surface area contributed by atoms with Crippen molar-refractivity contribution < 1.29 is 37.6 Å². The normalized spacial score (nSPS) is 16.4. The summed E-state index contributed by atoms with van der Waals surface area (Å²) in [6, 6.07) is -0.263. The second-order valence-corrected chi connectivity index (χ2v) is 8.00. The zero-order chi connectivity index (χ0) is 19.0. The van der Waals surface area contributed by atoms with Crippen molar-refractivity contribution in [1.29, 1.82) is 0 Å². The Morgan fingerprint density at radius 3 is 2.21 bits per heavy atom. The fraction of sp³-hybridized carbons (Fsp3) is 0.800. The van der Waals surface area contributed by atoms with Gasteiger partial charge in [-0.25, -0.2) is 4.79 Å². The molecule has 0 rings (SSSR count). The van der Waals surface area contributed by atoms with E-state index in [2.05, 4.69) is 6.58 Å². The number of carbonyl (C=O) groups is 1. The summed E-state index contributed by atoms with van der Waals surface area (Å²) in [7, 11) is -0.801. The molecule has 2 atom stereocenters. The Balaban J connectivity index is 5.77. The molecule has 0 aliphatic carbocycles. The SMILES string of the molecule is C=CCC(CCO)[N+](C)(C)C(CCO)(CCCS(=O)(=O)O)C(=O)O. The number of aliphatic hydroxyl groups excluding tert-OH is 2. The number of carboxylic acids is 1. The van der Waals surface area contributed by atoms with E-state index in [1.807, 2.05) is 0 Å². The molecular weight excluding hydrogens is 338 g/mol. The summed E-state index contributed by atoms with van der Waals surface area (Å²) in [5, 5.41) is 28.6. The van der Waals surface area contributed by atoms with Crippen LogP contribution in [0.2, 0.25) is 0 Å². The van der Waals surface area contributed by atoms with Crippen molar-refractivity contribution in [1.82, 2.24) is 0 Å². The van der Waals surface area contributed by atoms with Gasteiger partial charge in [0.1, 0.15) is 0 Å². The lowest BCUT2D eigenvalue weighted by Crippen LogP contribution is -2.68. The van der Waals surface area contributed by atoms with E-state index in [0.717, 1.165) is 0 Å². The van der Waals surface area contributed by atoms with Crippen LogP contribution in [0.5, 0.6) is 0 Å². The summed E-state index contributed by atoms with van der Waals surface area (Å²) in [5.74, 6) is -1.69. The molecule has 4 N–H and O–H groups in total. The van der Waals surface area contributed by atoms with E-state index in [-0.39, 0.29) is 43.0 Å². The summed E-state index contributed by atoms with van der Waals surface area (Å²) in [6.45, 7) is 3.16. The highest BCUT2D eigenvalue weighted by Gasteiger charge is 2.54. The van der Waals surface area contributed by atoms with Gasteiger partial charge in [-0.2, -0.15) is 8.42 Å². The minimum atomic E-state index is -4.19. The summed E-state index contributed by atoms with van der Waals surface area (Å²) in [6.07, 6.45) is 2.30. The standard InChI is InChI=1S/C15H29NO7S/c1-4-6-13(7-10-17)16(2,3)15(9-11-18,14(19)20)8-5-12-24(21,22)23/h4,13,17-18H,1,5-12H2,2-3H3,(H-,19,20,21,22,23)/p+1. The predicted molar refractivity (Wildman–Crippen MR) is 90.1 cm³/mol. The lowest BCUT2D eigenvalue weighted by molar-refractivity contribution is -0.956. The van der Waals surface area contributed by atoms with Gasteiger partial charge in [0, 0.05) is 38.9 Å². The van der Waals surface area contributed by atoms with Crippen LogP contribution >= 0.6 is 0 Å². The summed E-state index contributed by atoms with van der Waals surface area (Å²) < 4.78 is 30.7. The zero-order valence-electron chi connectivity index (χ0n) is 14.4. The average Bonchev–Trinajstić information content (AvgIpc) is 2.44. The molecule has 0 spiro atoms. The summed E-state index contributed by atoms with van der Waals surface area (Å²) in [5.41, 5.74) is -1.44. The molecule has 9 heteroatoms. The number of aliphatic carboxylic acids is 1. The van der Waals surface area contributed by atoms with Gasteiger partial charge in [-0.05, 0) is 6.42 Å². The van der Waals surface area contributed by atoms with E-state index in [1.54, 1.807) is 20.2 Å². The molecule has 2 unspecified atom stereocenters. The predicted octanol–water partition coefficient (Wildman–Crippen LogP) is 0.264. The van der Waals surface area contributed by atoms with E-state index in [1.165, 1.54) is 0 Å². The van der Waals surface area contributed by atoms with Gasteiger partial charge in [0.05, 0.1) is 25.9 Å². The van der Waals surface area contributed by atoms with Gasteiger partial charge in [0.2, 0.25) is 0 Å². The Morgan fingerprint density at radius 1 is 1.25 bits per heavy atom. The van der Waals surface area contributed by atoms with Gasteiger partial charge in [0.25, 0.3) is 10.1 Å². The molecule has 0 aliphatic heterocycles. The van der Waals surface area contributed by atoms with Crippen molar-refractivity contribution >= 4 is 16.1 Å². The van der Waals surface area contributed by atoms with E-state index in [0.29, 0.717) is 12.8 Å². The van der Waals surface area contributed by atoms with Crippen LogP contribution in [0.25, 0.3) is 0 Å². The van der Waals surface area contributed by atoms with Crippen molar-refractivity contribution in [3.05, 3.63) is 12.7 Å². The molecule has 0 aromatic carbocycles. The van der Waals surface area contributed by atoms with E-state index >= 15 is 0 Å². The van der Waals surface area contributed by atoms with Gasteiger partial charge in [-0.15, -0.1) is 6.58 Å². The lowest BCUT2D eigenvalue weighted by Gasteiger charge is -2.50. The van der Waals surface area contributed by atoms with E-state index in [9.17, 15) is 28.5 Å². The summed E-state index contributed by atoms with van der Waals surface area (Å²) in [4.78, 5) is 12.1. The quantitative estimate of drug-likeness (QED) is 0.208. The molecule has 0 saturated heterocycles. The molecule has 0 bridgehead atoms. The van der Waals surface area contributed by atoms with Gasteiger partial charge < -0.3 is 19.8 Å². The second-order valence-electron chi connectivity index (χ2n) is 6.43. The molecule has 8 nitrogen and oxygen atoms in total. The Bertz CT molecular complexity index is 518. The number of hydrogen-bond acceptors (Lipinski definition) is 5. The molecule has 0 aromatic rings. The lowest BCUT2D eigenvalue weighted by atomic mass is 9.83. The maximum absolute atomic E-state index is 12.1. The van der Waals surface area contributed by atoms with Crippen molar-refractivity contribution in [3.8, 4) is 0 Å². The second kappa shape index (κ2) is 9.47. The fourth-order valence-electron chi connectivity index (χ4n) is 3.29. The number of carboxylic acid groups (broad SMARTS) is 1. The number of likely N-dealkylation sites (N-methyl/N-ethyl adjacent to an activating group) is 1. The first kappa shape index (κ1) is 23.0. The first-order chi connectivity index (χ1) is 11.0. The molecule has 0 fully saturated rings. The fourth-order valence-corrected chi connectivity index (χ4v) is 3.80. The molecule has 0 aromatic heterocycles. The van der Waals surface area contributed by atoms with E-state index in [4.69, 9.17) is 4.55 Å². The molecule has 0 aliphatic rings. The summed E-state index contributed by atoms with van der Waals surface area (Å²) >= 11 is 0. The van der Waals surface area contributed by atoms with E-state index < -0.39 is 27.4 Å². The maximum atomic E-state index is 12.1. The van der Waals surface area contributed by atoms with Gasteiger partial charge in [0.15, 0.2) is 5.54 Å². The minimum absolute atomic E-state index is 0.0330. The van der Waals surface area contributed by atoms with Crippen molar-refractivity contribution in [2.75, 3.05) is 33.1 Å². The minimum Gasteiger partial charge on any atom is -0.477 e. The number of rotatable bonds is 13. The third kappa shape index (κ3) is 5.82. The molecule has 0 amide bonds. The molecule has 142 valence electrons. The van der Waals surface area contributed by atoms with Crippen LogP contribution in [0.1, 0.15) is 32.1 Å². The molecule has 0 heterocycles. The van der Waals surface area contributed by atoms with Crippen LogP contribution in [-0.2, 0) is 14.9 Å². The van der Waals surface area contributed by atoms with Crippen LogP contribution in [0.4, 0.5) is 0 Å². The topological polar surface area (TPSA) is 132 Å².